The number of aliphatic hydroxyl groups is 1. The van der Waals surface area contributed by atoms with Crippen molar-refractivity contribution in [3.63, 3.8) is 0 Å². The standard InChI is InChI=1S/C11H21NO3S/c1-9-4-2-3-5-10(9)12-11(14)8-16(15)7-6-13/h9-10,13H,2-8H2,1H3,(H,12,14). The molecule has 0 aliphatic heterocycles. The molecule has 0 saturated heterocycles. The molecule has 5 heteroatoms. The molecule has 94 valence electrons. The van der Waals surface area contributed by atoms with Gasteiger partial charge in [0, 0.05) is 22.6 Å². The van der Waals surface area contributed by atoms with Crippen LogP contribution >= 0.6 is 0 Å². The summed E-state index contributed by atoms with van der Waals surface area (Å²) in [6, 6.07) is 0.243. The van der Waals surface area contributed by atoms with Gasteiger partial charge >= 0.3 is 0 Å². The minimum Gasteiger partial charge on any atom is -0.395 e. The van der Waals surface area contributed by atoms with Crippen molar-refractivity contribution in [1.29, 1.82) is 0 Å². The topological polar surface area (TPSA) is 66.4 Å². The van der Waals surface area contributed by atoms with E-state index in [0.717, 1.165) is 19.3 Å². The van der Waals surface area contributed by atoms with Crippen LogP contribution in [0.2, 0.25) is 0 Å². The third kappa shape index (κ3) is 4.61. The first-order valence-electron chi connectivity index (χ1n) is 5.88. The number of hydrogen-bond acceptors (Lipinski definition) is 3. The Morgan fingerprint density at radius 1 is 1.44 bits per heavy atom. The Balaban J connectivity index is 2.30. The van der Waals surface area contributed by atoms with Crippen molar-refractivity contribution in [3.8, 4) is 0 Å². The molecule has 1 saturated carbocycles. The summed E-state index contributed by atoms with van der Waals surface area (Å²) in [5.74, 6) is 0.576. The van der Waals surface area contributed by atoms with Gasteiger partial charge in [0.25, 0.3) is 0 Å². The van der Waals surface area contributed by atoms with Crippen molar-refractivity contribution in [3.05, 3.63) is 0 Å². The van der Waals surface area contributed by atoms with E-state index in [0.29, 0.717) is 5.92 Å². The lowest BCUT2D eigenvalue weighted by Gasteiger charge is -2.29. The first kappa shape index (κ1) is 13.6. The molecule has 1 aliphatic carbocycles. The molecule has 0 bridgehead atoms. The fourth-order valence-electron chi connectivity index (χ4n) is 2.10. The minimum atomic E-state index is -1.23. The number of hydrogen-bond donors (Lipinski definition) is 2. The first-order valence-corrected chi connectivity index (χ1v) is 7.37. The second-order valence-corrected chi connectivity index (χ2v) is 6.02. The van der Waals surface area contributed by atoms with Crippen molar-refractivity contribution in [2.45, 2.75) is 38.6 Å². The number of amides is 1. The molecule has 2 N–H and O–H groups in total. The van der Waals surface area contributed by atoms with Crippen LogP contribution in [0, 0.1) is 5.92 Å². The number of nitrogens with one attached hydrogen (secondary N) is 1. The van der Waals surface area contributed by atoms with Gasteiger partial charge in [-0.25, -0.2) is 0 Å². The van der Waals surface area contributed by atoms with E-state index in [9.17, 15) is 9.00 Å². The Morgan fingerprint density at radius 2 is 2.12 bits per heavy atom. The molecule has 1 rings (SSSR count). The molecule has 0 aromatic carbocycles. The van der Waals surface area contributed by atoms with Crippen molar-refractivity contribution in [2.24, 2.45) is 5.92 Å². The van der Waals surface area contributed by atoms with Crippen molar-refractivity contribution < 1.29 is 14.1 Å². The highest BCUT2D eigenvalue weighted by Gasteiger charge is 2.23. The van der Waals surface area contributed by atoms with E-state index in [1.54, 1.807) is 0 Å². The lowest BCUT2D eigenvalue weighted by Crippen LogP contribution is -2.43. The van der Waals surface area contributed by atoms with Crippen LogP contribution in [0.3, 0.4) is 0 Å². The molecule has 3 unspecified atom stereocenters. The molecule has 3 atom stereocenters. The minimum absolute atomic E-state index is 0.0176. The normalized spacial score (nSPS) is 27.4. The summed E-state index contributed by atoms with van der Waals surface area (Å²) < 4.78 is 11.3. The molecule has 16 heavy (non-hydrogen) atoms. The van der Waals surface area contributed by atoms with Gasteiger partial charge in [0.15, 0.2) is 0 Å². The van der Waals surface area contributed by atoms with Crippen molar-refractivity contribution in [2.75, 3.05) is 18.1 Å². The van der Waals surface area contributed by atoms with Gasteiger partial charge in [-0.05, 0) is 18.8 Å². The van der Waals surface area contributed by atoms with Crippen LogP contribution in [0.4, 0.5) is 0 Å². The molecular formula is C11H21NO3S. The quantitative estimate of drug-likeness (QED) is 0.740. The summed E-state index contributed by atoms with van der Waals surface area (Å²) >= 11 is 0. The molecule has 4 nitrogen and oxygen atoms in total. The summed E-state index contributed by atoms with van der Waals surface area (Å²) in [4.78, 5) is 11.6. The Bertz CT molecular complexity index is 258. The molecule has 1 aliphatic rings. The molecule has 0 radical (unpaired) electrons. The van der Waals surface area contributed by atoms with Crippen LogP contribution in [-0.2, 0) is 15.6 Å². The van der Waals surface area contributed by atoms with Gasteiger partial charge in [-0.15, -0.1) is 0 Å². The Hall–Kier alpha value is -0.420. The fourth-order valence-corrected chi connectivity index (χ4v) is 2.82. The third-order valence-electron chi connectivity index (χ3n) is 3.07. The van der Waals surface area contributed by atoms with Gasteiger partial charge in [-0.3, -0.25) is 9.00 Å². The second-order valence-electron chi connectivity index (χ2n) is 4.45. The maximum Gasteiger partial charge on any atom is 0.232 e. The highest BCUT2D eigenvalue weighted by atomic mass is 32.2. The lowest BCUT2D eigenvalue weighted by molar-refractivity contribution is -0.119. The zero-order valence-electron chi connectivity index (χ0n) is 9.78. The van der Waals surface area contributed by atoms with Crippen molar-refractivity contribution >= 4 is 16.7 Å². The third-order valence-corrected chi connectivity index (χ3v) is 4.29. The zero-order valence-corrected chi connectivity index (χ0v) is 10.6. The molecular weight excluding hydrogens is 226 g/mol. The second kappa shape index (κ2) is 7.01. The van der Waals surface area contributed by atoms with Crippen LogP contribution in [0.25, 0.3) is 0 Å². The average molecular weight is 247 g/mol. The first-order chi connectivity index (χ1) is 7.63. The van der Waals surface area contributed by atoms with Crippen LogP contribution in [0.1, 0.15) is 32.6 Å². The molecule has 0 aromatic rings. The van der Waals surface area contributed by atoms with Crippen LogP contribution in [-0.4, -0.2) is 39.4 Å². The fraction of sp³-hybridized carbons (Fsp3) is 0.909. The van der Waals surface area contributed by atoms with E-state index >= 15 is 0 Å². The van der Waals surface area contributed by atoms with E-state index in [1.165, 1.54) is 6.42 Å². The number of carbonyl (C=O) groups excluding carboxylic acids is 1. The Labute approximate surface area is 99.3 Å². The monoisotopic (exact) mass is 247 g/mol. The largest absolute Gasteiger partial charge is 0.395 e. The Kier molecular flexibility index (Phi) is 5.98. The molecule has 0 heterocycles. The average Bonchev–Trinajstić information content (AvgIpc) is 2.21. The highest BCUT2D eigenvalue weighted by Crippen LogP contribution is 2.23. The maximum absolute atomic E-state index is 11.6. The predicted molar refractivity (Wildman–Crippen MR) is 64.5 cm³/mol. The van der Waals surface area contributed by atoms with Gasteiger partial charge in [-0.1, -0.05) is 19.8 Å². The van der Waals surface area contributed by atoms with Gasteiger partial charge in [0.2, 0.25) is 5.91 Å². The lowest BCUT2D eigenvalue weighted by atomic mass is 9.86. The summed E-state index contributed by atoms with van der Waals surface area (Å²) in [5, 5.41) is 11.5. The molecule has 0 aromatic heterocycles. The summed E-state index contributed by atoms with van der Waals surface area (Å²) in [6.07, 6.45) is 4.59. The van der Waals surface area contributed by atoms with E-state index < -0.39 is 10.8 Å². The predicted octanol–water partition coefficient (Wildman–Crippen LogP) is 0.422. The van der Waals surface area contributed by atoms with Gasteiger partial charge in [0.05, 0.1) is 6.61 Å². The van der Waals surface area contributed by atoms with E-state index in [2.05, 4.69) is 12.2 Å². The zero-order chi connectivity index (χ0) is 12.0. The summed E-state index contributed by atoms with van der Waals surface area (Å²) in [5.41, 5.74) is 0. The summed E-state index contributed by atoms with van der Waals surface area (Å²) in [7, 11) is -1.23. The van der Waals surface area contributed by atoms with Crippen LogP contribution in [0.15, 0.2) is 0 Å². The van der Waals surface area contributed by atoms with Gasteiger partial charge < -0.3 is 10.4 Å². The number of aliphatic hydroxyl groups excluding tert-OH is 1. The highest BCUT2D eigenvalue weighted by molar-refractivity contribution is 7.85. The molecule has 0 spiro atoms. The number of rotatable bonds is 5. The van der Waals surface area contributed by atoms with Crippen molar-refractivity contribution in [1.82, 2.24) is 5.32 Å². The number of carbonyl (C=O) groups is 1. The SMILES string of the molecule is CC1CCCCC1NC(=O)CS(=O)CCO. The smallest absolute Gasteiger partial charge is 0.232 e. The summed E-state index contributed by atoms with van der Waals surface area (Å²) in [6.45, 7) is 2.02. The van der Waals surface area contributed by atoms with E-state index in [4.69, 9.17) is 5.11 Å². The Morgan fingerprint density at radius 3 is 2.75 bits per heavy atom. The van der Waals surface area contributed by atoms with E-state index in [1.807, 2.05) is 0 Å². The maximum atomic E-state index is 11.6. The van der Waals surface area contributed by atoms with Crippen LogP contribution in [0.5, 0.6) is 0 Å². The molecule has 1 fully saturated rings. The van der Waals surface area contributed by atoms with Crippen LogP contribution < -0.4 is 5.32 Å². The van der Waals surface area contributed by atoms with Gasteiger partial charge in [0.1, 0.15) is 5.75 Å². The van der Waals surface area contributed by atoms with E-state index in [-0.39, 0.29) is 30.1 Å². The molecule has 1 amide bonds. The van der Waals surface area contributed by atoms with Gasteiger partial charge in [-0.2, -0.15) is 0 Å².